The first-order chi connectivity index (χ1) is 11.1. The van der Waals surface area contributed by atoms with Gasteiger partial charge >= 0.3 is 12.1 Å². The SMILES string of the molecule is O=C(O)c1n[nH]c(C2CN(C(=O)OCc3ccccc3)C2)c1I. The van der Waals surface area contributed by atoms with Gasteiger partial charge in [0.1, 0.15) is 6.61 Å². The Labute approximate surface area is 145 Å². The topological polar surface area (TPSA) is 95.5 Å². The van der Waals surface area contributed by atoms with Crippen molar-refractivity contribution in [1.82, 2.24) is 15.1 Å². The molecular weight excluding hydrogens is 413 g/mol. The Morgan fingerprint density at radius 3 is 2.65 bits per heavy atom. The molecule has 0 bridgehead atoms. The molecule has 1 aliphatic rings. The summed E-state index contributed by atoms with van der Waals surface area (Å²) in [6, 6.07) is 9.48. The van der Waals surface area contributed by atoms with Crippen LogP contribution in [-0.2, 0) is 11.3 Å². The Morgan fingerprint density at radius 1 is 1.35 bits per heavy atom. The van der Waals surface area contributed by atoms with Gasteiger partial charge in [0.25, 0.3) is 0 Å². The van der Waals surface area contributed by atoms with E-state index in [0.29, 0.717) is 16.7 Å². The van der Waals surface area contributed by atoms with Crippen molar-refractivity contribution in [2.75, 3.05) is 13.1 Å². The minimum atomic E-state index is -1.06. The molecule has 2 aromatic rings. The lowest BCUT2D eigenvalue weighted by atomic mass is 9.97. The average molecular weight is 427 g/mol. The molecule has 7 nitrogen and oxygen atoms in total. The normalized spacial score (nSPS) is 14.4. The van der Waals surface area contributed by atoms with Gasteiger partial charge in [-0.15, -0.1) is 0 Å². The molecule has 8 heteroatoms. The summed E-state index contributed by atoms with van der Waals surface area (Å²) >= 11 is 1.96. The fourth-order valence-corrected chi connectivity index (χ4v) is 3.29. The summed E-state index contributed by atoms with van der Waals surface area (Å²) in [6.45, 7) is 1.22. The average Bonchev–Trinajstić information content (AvgIpc) is 2.87. The monoisotopic (exact) mass is 427 g/mol. The molecule has 3 rings (SSSR count). The maximum absolute atomic E-state index is 12.0. The van der Waals surface area contributed by atoms with Gasteiger partial charge in [0.15, 0.2) is 5.69 Å². The van der Waals surface area contributed by atoms with Crippen LogP contribution in [0.5, 0.6) is 0 Å². The van der Waals surface area contributed by atoms with Crippen LogP contribution < -0.4 is 0 Å². The maximum Gasteiger partial charge on any atom is 0.410 e. The van der Waals surface area contributed by atoms with Crippen LogP contribution in [0.1, 0.15) is 27.7 Å². The van der Waals surface area contributed by atoms with Crippen molar-refractivity contribution in [3.63, 3.8) is 0 Å². The highest BCUT2D eigenvalue weighted by atomic mass is 127. The summed E-state index contributed by atoms with van der Waals surface area (Å²) < 4.78 is 5.85. The van der Waals surface area contributed by atoms with Crippen LogP contribution in [0.3, 0.4) is 0 Å². The number of amides is 1. The second-order valence-electron chi connectivity index (χ2n) is 5.25. The van der Waals surface area contributed by atoms with Crippen LogP contribution in [0.25, 0.3) is 0 Å². The number of nitrogens with zero attached hydrogens (tertiary/aromatic N) is 2. The van der Waals surface area contributed by atoms with Crippen LogP contribution >= 0.6 is 22.6 Å². The number of rotatable bonds is 4. The Bertz CT molecular complexity index is 726. The zero-order valence-corrected chi connectivity index (χ0v) is 14.2. The number of likely N-dealkylation sites (tertiary alicyclic amines) is 1. The van der Waals surface area contributed by atoms with E-state index in [1.165, 1.54) is 0 Å². The van der Waals surface area contributed by atoms with E-state index >= 15 is 0 Å². The van der Waals surface area contributed by atoms with Gasteiger partial charge in [-0.2, -0.15) is 5.10 Å². The molecule has 0 unspecified atom stereocenters. The highest BCUT2D eigenvalue weighted by molar-refractivity contribution is 14.1. The summed E-state index contributed by atoms with van der Waals surface area (Å²) in [5, 5.41) is 15.6. The van der Waals surface area contributed by atoms with Crippen LogP contribution in [0.15, 0.2) is 30.3 Å². The van der Waals surface area contributed by atoms with Gasteiger partial charge in [-0.05, 0) is 28.2 Å². The van der Waals surface area contributed by atoms with Crippen molar-refractivity contribution in [3.8, 4) is 0 Å². The molecule has 1 fully saturated rings. The van der Waals surface area contributed by atoms with Gasteiger partial charge in [-0.25, -0.2) is 9.59 Å². The number of halogens is 1. The first-order valence-corrected chi connectivity index (χ1v) is 8.07. The fraction of sp³-hybridized carbons (Fsp3) is 0.267. The quantitative estimate of drug-likeness (QED) is 0.732. The number of aromatic amines is 1. The maximum atomic E-state index is 12.0. The van der Waals surface area contributed by atoms with Crippen LogP contribution in [0, 0.1) is 3.57 Å². The summed E-state index contributed by atoms with van der Waals surface area (Å²) in [5.74, 6) is -0.998. The van der Waals surface area contributed by atoms with Crippen molar-refractivity contribution in [3.05, 3.63) is 50.9 Å². The molecule has 1 aromatic carbocycles. The third kappa shape index (κ3) is 3.31. The number of hydrogen-bond acceptors (Lipinski definition) is 4. The van der Waals surface area contributed by atoms with Crippen molar-refractivity contribution in [2.45, 2.75) is 12.5 Å². The summed E-state index contributed by atoms with van der Waals surface area (Å²) in [5.41, 5.74) is 1.72. The van der Waals surface area contributed by atoms with Crippen molar-refractivity contribution in [2.24, 2.45) is 0 Å². The van der Waals surface area contributed by atoms with Gasteiger partial charge in [0.2, 0.25) is 0 Å². The molecule has 120 valence electrons. The van der Waals surface area contributed by atoms with Crippen LogP contribution in [0.4, 0.5) is 4.79 Å². The number of carboxylic acids is 1. The predicted octanol–water partition coefficient (Wildman–Crippen LogP) is 2.45. The number of aromatic nitrogens is 2. The number of hydrogen-bond donors (Lipinski definition) is 2. The fourth-order valence-electron chi connectivity index (χ4n) is 2.37. The molecule has 1 saturated heterocycles. The first-order valence-electron chi connectivity index (χ1n) is 6.99. The minimum Gasteiger partial charge on any atom is -0.476 e. The van der Waals surface area contributed by atoms with Gasteiger partial charge < -0.3 is 14.7 Å². The zero-order valence-electron chi connectivity index (χ0n) is 12.0. The molecule has 1 amide bonds. The van der Waals surface area contributed by atoms with E-state index in [-0.39, 0.29) is 24.3 Å². The Morgan fingerprint density at radius 2 is 2.04 bits per heavy atom. The Hall–Kier alpha value is -2.10. The van der Waals surface area contributed by atoms with Gasteiger partial charge in [0, 0.05) is 19.0 Å². The number of ether oxygens (including phenoxy) is 1. The van der Waals surface area contributed by atoms with Crippen LogP contribution in [0.2, 0.25) is 0 Å². The standard InChI is InChI=1S/C15H14IN3O4/c16-11-12(17-18-13(11)14(20)21)10-6-19(7-10)15(22)23-8-9-4-2-1-3-5-9/h1-5,10H,6-8H2,(H,17,18)(H,20,21). The second kappa shape index (κ2) is 6.57. The number of carboxylic acid groups (broad SMARTS) is 1. The minimum absolute atomic E-state index is 0.0192. The number of carbonyl (C=O) groups excluding carboxylic acids is 1. The molecule has 1 aromatic heterocycles. The van der Waals surface area contributed by atoms with E-state index in [1.807, 2.05) is 52.9 Å². The van der Waals surface area contributed by atoms with E-state index in [4.69, 9.17) is 9.84 Å². The van der Waals surface area contributed by atoms with Gasteiger partial charge in [0.05, 0.1) is 9.26 Å². The molecule has 0 aliphatic carbocycles. The first kappa shape index (κ1) is 15.8. The second-order valence-corrected chi connectivity index (χ2v) is 6.33. The Kier molecular flexibility index (Phi) is 4.51. The van der Waals surface area contributed by atoms with Crippen LogP contribution in [-0.4, -0.2) is 45.4 Å². The molecule has 2 N–H and O–H groups in total. The Balaban J connectivity index is 1.52. The molecule has 1 aliphatic heterocycles. The molecule has 23 heavy (non-hydrogen) atoms. The lowest BCUT2D eigenvalue weighted by Crippen LogP contribution is -2.49. The number of H-pyrrole nitrogens is 1. The molecular formula is C15H14IN3O4. The molecule has 0 saturated carbocycles. The smallest absolute Gasteiger partial charge is 0.410 e. The predicted molar refractivity (Wildman–Crippen MR) is 89.2 cm³/mol. The van der Waals surface area contributed by atoms with E-state index in [1.54, 1.807) is 4.90 Å². The van der Waals surface area contributed by atoms with Gasteiger partial charge in [-0.1, -0.05) is 30.3 Å². The number of aromatic carboxylic acids is 1. The van der Waals surface area contributed by atoms with Crippen molar-refractivity contribution < 1.29 is 19.4 Å². The third-order valence-electron chi connectivity index (χ3n) is 3.69. The highest BCUT2D eigenvalue weighted by Gasteiger charge is 2.36. The largest absolute Gasteiger partial charge is 0.476 e. The van der Waals surface area contributed by atoms with Gasteiger partial charge in [-0.3, -0.25) is 5.10 Å². The number of nitrogens with one attached hydrogen (secondary N) is 1. The third-order valence-corrected chi connectivity index (χ3v) is 4.78. The summed E-state index contributed by atoms with van der Waals surface area (Å²) in [6.07, 6.45) is -0.363. The molecule has 0 atom stereocenters. The summed E-state index contributed by atoms with van der Waals surface area (Å²) in [4.78, 5) is 24.5. The molecule has 0 spiro atoms. The highest BCUT2D eigenvalue weighted by Crippen LogP contribution is 2.30. The molecule has 2 heterocycles. The number of benzene rings is 1. The van der Waals surface area contributed by atoms with E-state index in [9.17, 15) is 9.59 Å². The van der Waals surface area contributed by atoms with E-state index in [2.05, 4.69) is 10.2 Å². The van der Waals surface area contributed by atoms with Crippen molar-refractivity contribution in [1.29, 1.82) is 0 Å². The lowest BCUT2D eigenvalue weighted by Gasteiger charge is -2.37. The lowest BCUT2D eigenvalue weighted by molar-refractivity contribution is 0.0652. The van der Waals surface area contributed by atoms with E-state index in [0.717, 1.165) is 11.3 Å². The van der Waals surface area contributed by atoms with E-state index < -0.39 is 5.97 Å². The summed E-state index contributed by atoms with van der Waals surface area (Å²) in [7, 11) is 0. The van der Waals surface area contributed by atoms with Crippen molar-refractivity contribution >= 4 is 34.7 Å². The zero-order chi connectivity index (χ0) is 16.4. The number of carbonyl (C=O) groups is 2. The molecule has 0 radical (unpaired) electrons.